The van der Waals surface area contributed by atoms with Gasteiger partial charge < -0.3 is 9.11 Å². The average molecular weight is 311 g/mol. The van der Waals surface area contributed by atoms with Crippen LogP contribution in [0.1, 0.15) is 5.56 Å². The van der Waals surface area contributed by atoms with Gasteiger partial charge in [-0.15, -0.1) is 0 Å². The van der Waals surface area contributed by atoms with E-state index in [-0.39, 0.29) is 64.7 Å². The Hall–Kier alpha value is 0.840. The molecule has 0 aliphatic carbocycles. The van der Waals surface area contributed by atoms with Gasteiger partial charge in [0.2, 0.25) is 0 Å². The maximum Gasteiger partial charge on any atom is 1.00 e. The molecule has 0 N–H and O–H groups in total. The molecular formula is C7H7NNa2O6S2. The number of hydrogen-bond acceptors (Lipinski definition) is 6. The van der Waals surface area contributed by atoms with Crippen molar-refractivity contribution in [3.05, 3.63) is 29.8 Å². The summed E-state index contributed by atoms with van der Waals surface area (Å²) >= 11 is 0. The summed E-state index contributed by atoms with van der Waals surface area (Å²) in [6.45, 7) is 1.37. The molecule has 0 aliphatic heterocycles. The van der Waals surface area contributed by atoms with Crippen LogP contribution >= 0.6 is 0 Å². The summed E-state index contributed by atoms with van der Waals surface area (Å²) in [4.78, 5) is 0. The van der Waals surface area contributed by atoms with Crippen molar-refractivity contribution >= 4 is 26.3 Å². The minimum absolute atomic E-state index is 0. The maximum absolute atomic E-state index is 10.7. The van der Waals surface area contributed by atoms with Crippen LogP contribution in [-0.4, -0.2) is 25.9 Å². The number of anilines is 1. The number of benzene rings is 1. The van der Waals surface area contributed by atoms with Crippen molar-refractivity contribution in [2.24, 2.45) is 0 Å². The smallest absolute Gasteiger partial charge is 0.730 e. The van der Waals surface area contributed by atoms with Crippen molar-refractivity contribution in [1.29, 1.82) is 0 Å². The number of aryl methyl sites for hydroxylation is 1. The molecule has 0 spiro atoms. The van der Waals surface area contributed by atoms with Gasteiger partial charge in [0.05, 0.1) is 5.69 Å². The molecule has 1 aromatic rings. The van der Waals surface area contributed by atoms with Crippen LogP contribution in [0.15, 0.2) is 24.3 Å². The Morgan fingerprint density at radius 2 is 1.33 bits per heavy atom. The van der Waals surface area contributed by atoms with Crippen LogP contribution in [0.2, 0.25) is 0 Å². The number of rotatable bonds is 3. The fraction of sp³-hybridized carbons (Fsp3) is 0.143. The van der Waals surface area contributed by atoms with Gasteiger partial charge in [0.15, 0.2) is 20.6 Å². The molecule has 0 radical (unpaired) electrons. The van der Waals surface area contributed by atoms with Gasteiger partial charge in [-0.25, -0.2) is 16.8 Å². The van der Waals surface area contributed by atoms with E-state index >= 15 is 0 Å². The molecule has 0 fully saturated rings. The van der Waals surface area contributed by atoms with Crippen LogP contribution < -0.4 is 62.8 Å². The third-order valence-corrected chi connectivity index (χ3v) is 4.02. The average Bonchev–Trinajstić information content (AvgIpc) is 2.03. The van der Waals surface area contributed by atoms with Crippen molar-refractivity contribution < 1.29 is 85.1 Å². The molecule has 0 amide bonds. The van der Waals surface area contributed by atoms with E-state index in [0.717, 1.165) is 6.07 Å². The predicted octanol–water partition coefficient (Wildman–Crippen LogP) is -6.27. The summed E-state index contributed by atoms with van der Waals surface area (Å²) < 4.78 is 63.7. The van der Waals surface area contributed by atoms with Gasteiger partial charge in [-0.3, -0.25) is 0 Å². The summed E-state index contributed by atoms with van der Waals surface area (Å²) in [6, 6.07) is 5.25. The Kier molecular flexibility index (Phi) is 8.90. The van der Waals surface area contributed by atoms with E-state index in [0.29, 0.717) is 0 Å². The molecule has 11 heteroatoms. The molecule has 90 valence electrons. The van der Waals surface area contributed by atoms with Gasteiger partial charge in [-0.2, -0.15) is 3.71 Å². The largest absolute Gasteiger partial charge is 1.00 e. The van der Waals surface area contributed by atoms with E-state index < -0.39 is 30.0 Å². The predicted molar refractivity (Wildman–Crippen MR) is 53.1 cm³/mol. The minimum atomic E-state index is -5.42. The van der Waals surface area contributed by atoms with Crippen molar-refractivity contribution in [1.82, 2.24) is 0 Å². The van der Waals surface area contributed by atoms with Crippen LogP contribution in [-0.2, 0) is 20.6 Å². The molecule has 0 aliphatic rings. The fourth-order valence-corrected chi connectivity index (χ4v) is 2.91. The molecule has 1 aromatic carbocycles. The van der Waals surface area contributed by atoms with Crippen LogP contribution in [0.4, 0.5) is 5.69 Å². The fourth-order valence-electron chi connectivity index (χ4n) is 1.12. The van der Waals surface area contributed by atoms with Crippen molar-refractivity contribution in [3.8, 4) is 0 Å². The summed E-state index contributed by atoms with van der Waals surface area (Å²) in [7, 11) is -10.8. The summed E-state index contributed by atoms with van der Waals surface area (Å²) in [5.74, 6) is 0. The molecule has 1 rings (SSSR count). The van der Waals surface area contributed by atoms with Crippen LogP contribution in [0.25, 0.3) is 0 Å². The SMILES string of the molecule is Cc1ccccc1N(S(=O)(=O)[O-])S(=O)(=O)[O-].[Na+].[Na+]. The zero-order chi connectivity index (χ0) is 12.6. The molecule has 0 saturated carbocycles. The van der Waals surface area contributed by atoms with Gasteiger partial charge in [0, 0.05) is 0 Å². The second-order valence-corrected chi connectivity index (χ2v) is 5.57. The molecule has 0 saturated heterocycles. The number of nitrogens with zero attached hydrogens (tertiary/aromatic N) is 1. The minimum Gasteiger partial charge on any atom is -0.730 e. The first-order chi connectivity index (χ1) is 7.14. The van der Waals surface area contributed by atoms with Crippen LogP contribution in [0.3, 0.4) is 0 Å². The molecular weight excluding hydrogens is 304 g/mol. The Morgan fingerprint density at radius 1 is 0.944 bits per heavy atom. The molecule has 0 aromatic heterocycles. The monoisotopic (exact) mass is 311 g/mol. The molecule has 7 nitrogen and oxygen atoms in total. The topological polar surface area (TPSA) is 118 Å². The van der Waals surface area contributed by atoms with Gasteiger partial charge in [0.1, 0.15) is 0 Å². The van der Waals surface area contributed by atoms with E-state index in [9.17, 15) is 25.9 Å². The standard InChI is InChI=1S/C7H9NO6S2.2Na/c1-6-4-2-3-5-7(6)8(15(9,10)11)16(12,13)14;;/h2-5H,1H3,(H,9,10,11)(H,12,13,14);;/q;2*+1/p-2. The second kappa shape index (κ2) is 7.58. The zero-order valence-corrected chi connectivity index (χ0v) is 15.7. The van der Waals surface area contributed by atoms with Gasteiger partial charge in [-0.1, -0.05) is 18.2 Å². The molecule has 0 heterocycles. The Labute approximate surface area is 150 Å². The van der Waals surface area contributed by atoms with E-state index in [1.807, 2.05) is 0 Å². The molecule has 0 bridgehead atoms. The first-order valence-corrected chi connectivity index (χ1v) is 6.65. The normalized spacial score (nSPS) is 11.1. The Morgan fingerprint density at radius 3 is 1.67 bits per heavy atom. The van der Waals surface area contributed by atoms with E-state index in [2.05, 4.69) is 0 Å². The quantitative estimate of drug-likeness (QED) is 0.405. The van der Waals surface area contributed by atoms with E-state index in [4.69, 9.17) is 0 Å². The van der Waals surface area contributed by atoms with E-state index in [1.54, 1.807) is 0 Å². The van der Waals surface area contributed by atoms with Gasteiger partial charge in [-0.05, 0) is 18.6 Å². The summed E-state index contributed by atoms with van der Waals surface area (Å²) in [5.41, 5.74) is -0.283. The van der Waals surface area contributed by atoms with Crippen molar-refractivity contribution in [2.75, 3.05) is 3.71 Å². The van der Waals surface area contributed by atoms with Crippen LogP contribution in [0.5, 0.6) is 0 Å². The first kappa shape index (κ1) is 21.1. The van der Waals surface area contributed by atoms with Gasteiger partial charge >= 0.3 is 59.1 Å². The molecule has 0 unspecified atom stereocenters. The zero-order valence-electron chi connectivity index (χ0n) is 10.0. The van der Waals surface area contributed by atoms with Crippen molar-refractivity contribution in [3.63, 3.8) is 0 Å². The van der Waals surface area contributed by atoms with E-state index in [1.165, 1.54) is 25.1 Å². The maximum atomic E-state index is 10.7. The van der Waals surface area contributed by atoms with Crippen molar-refractivity contribution in [2.45, 2.75) is 6.92 Å². The Bertz CT molecular complexity index is 568. The molecule has 0 atom stereocenters. The van der Waals surface area contributed by atoms with Crippen LogP contribution in [0, 0.1) is 6.92 Å². The first-order valence-electron chi connectivity index (χ1n) is 3.92. The third-order valence-electron chi connectivity index (χ3n) is 1.72. The van der Waals surface area contributed by atoms with Gasteiger partial charge in [0.25, 0.3) is 0 Å². The Balaban J connectivity index is 0. The second-order valence-electron chi connectivity index (χ2n) is 2.90. The number of para-hydroxylation sites is 1. The third kappa shape index (κ3) is 5.45. The molecule has 18 heavy (non-hydrogen) atoms. The summed E-state index contributed by atoms with van der Waals surface area (Å²) in [6.07, 6.45) is 0. The number of hydrogen-bond donors (Lipinski definition) is 0. The summed E-state index contributed by atoms with van der Waals surface area (Å²) in [5, 5.41) is 0.